The third-order valence-electron chi connectivity index (χ3n) is 4.19. The molecule has 2 aromatic rings. The lowest BCUT2D eigenvalue weighted by Gasteiger charge is -2.17. The van der Waals surface area contributed by atoms with Gasteiger partial charge in [-0.05, 0) is 43.9 Å². The maximum Gasteiger partial charge on any atom is 0.257 e. The zero-order chi connectivity index (χ0) is 16.2. The maximum atomic E-state index is 12.4. The van der Waals surface area contributed by atoms with E-state index in [9.17, 15) is 4.79 Å². The van der Waals surface area contributed by atoms with E-state index in [0.717, 1.165) is 24.5 Å². The van der Waals surface area contributed by atoms with Crippen LogP contribution in [0.1, 0.15) is 47.1 Å². The first kappa shape index (κ1) is 15.5. The van der Waals surface area contributed by atoms with Gasteiger partial charge in [0, 0.05) is 25.8 Å². The van der Waals surface area contributed by atoms with Crippen LogP contribution in [-0.4, -0.2) is 29.1 Å². The Bertz CT molecular complexity index is 690. The van der Waals surface area contributed by atoms with Crippen LogP contribution >= 0.6 is 0 Å². The van der Waals surface area contributed by atoms with Crippen molar-refractivity contribution in [2.24, 2.45) is 0 Å². The number of amides is 1. The molecule has 0 aliphatic carbocycles. The number of pyridine rings is 1. The number of carbonyl (C=O) groups excluding carboxylic acids is 1. The average Bonchev–Trinajstić information content (AvgIpc) is 3.22. The van der Waals surface area contributed by atoms with Gasteiger partial charge in [0.05, 0.1) is 5.69 Å². The van der Waals surface area contributed by atoms with Crippen molar-refractivity contribution >= 4 is 11.7 Å². The summed E-state index contributed by atoms with van der Waals surface area (Å²) in [4.78, 5) is 19.1. The highest BCUT2D eigenvalue weighted by molar-refractivity contribution is 5.96. The van der Waals surface area contributed by atoms with Crippen LogP contribution in [0.3, 0.4) is 0 Å². The van der Waals surface area contributed by atoms with E-state index in [4.69, 9.17) is 4.52 Å². The van der Waals surface area contributed by atoms with E-state index >= 15 is 0 Å². The van der Waals surface area contributed by atoms with Crippen molar-refractivity contribution in [1.82, 2.24) is 15.5 Å². The molecule has 2 aromatic heterocycles. The third kappa shape index (κ3) is 3.36. The van der Waals surface area contributed by atoms with Gasteiger partial charge in [-0.15, -0.1) is 0 Å². The summed E-state index contributed by atoms with van der Waals surface area (Å²) in [7, 11) is 0. The van der Waals surface area contributed by atoms with Crippen molar-refractivity contribution in [2.75, 3.05) is 18.0 Å². The number of carbonyl (C=O) groups is 1. The fourth-order valence-electron chi connectivity index (χ4n) is 2.91. The third-order valence-corrected chi connectivity index (χ3v) is 4.19. The second-order valence-corrected chi connectivity index (χ2v) is 5.81. The van der Waals surface area contributed by atoms with Crippen LogP contribution in [0, 0.1) is 6.92 Å². The fraction of sp³-hybridized carbons (Fsp3) is 0.471. The smallest absolute Gasteiger partial charge is 0.257 e. The molecule has 0 radical (unpaired) electrons. The van der Waals surface area contributed by atoms with E-state index in [1.54, 1.807) is 13.1 Å². The number of nitrogens with one attached hydrogen (secondary N) is 1. The summed E-state index contributed by atoms with van der Waals surface area (Å²) in [5, 5.41) is 6.87. The fourth-order valence-corrected chi connectivity index (χ4v) is 2.91. The Morgan fingerprint density at radius 2 is 2.17 bits per heavy atom. The Balaban J connectivity index is 1.67. The normalized spacial score (nSPS) is 14.3. The molecule has 0 spiro atoms. The highest BCUT2D eigenvalue weighted by atomic mass is 16.5. The van der Waals surface area contributed by atoms with Gasteiger partial charge in [-0.2, -0.15) is 0 Å². The Hall–Kier alpha value is -2.37. The lowest BCUT2D eigenvalue weighted by molar-refractivity contribution is 0.0948. The van der Waals surface area contributed by atoms with Crippen LogP contribution in [0.5, 0.6) is 0 Å². The molecule has 1 fully saturated rings. The molecule has 1 aliphatic rings. The maximum absolute atomic E-state index is 12.4. The SMILES string of the molecule is CCc1noc(C)c1C(=O)NCc1ccnc(N2CCCC2)c1. The average molecular weight is 314 g/mol. The Kier molecular flexibility index (Phi) is 4.60. The molecule has 1 aliphatic heterocycles. The molecule has 1 saturated heterocycles. The zero-order valence-electron chi connectivity index (χ0n) is 13.6. The standard InChI is InChI=1S/C17H22N4O2/c1-3-14-16(12(2)23-20-14)17(22)19-11-13-6-7-18-15(10-13)21-8-4-5-9-21/h6-7,10H,3-5,8-9,11H2,1-2H3,(H,19,22). The molecular formula is C17H22N4O2. The van der Waals surface area contributed by atoms with Gasteiger partial charge in [0.2, 0.25) is 0 Å². The summed E-state index contributed by atoms with van der Waals surface area (Å²) < 4.78 is 5.12. The molecule has 122 valence electrons. The largest absolute Gasteiger partial charge is 0.361 e. The zero-order valence-corrected chi connectivity index (χ0v) is 13.6. The molecule has 3 rings (SSSR count). The molecule has 0 unspecified atom stereocenters. The van der Waals surface area contributed by atoms with Crippen LogP contribution in [-0.2, 0) is 13.0 Å². The highest BCUT2D eigenvalue weighted by Gasteiger charge is 2.19. The number of aromatic nitrogens is 2. The second-order valence-electron chi connectivity index (χ2n) is 5.81. The summed E-state index contributed by atoms with van der Waals surface area (Å²) >= 11 is 0. The Morgan fingerprint density at radius 3 is 2.91 bits per heavy atom. The minimum atomic E-state index is -0.139. The van der Waals surface area contributed by atoms with E-state index < -0.39 is 0 Å². The first-order valence-electron chi connectivity index (χ1n) is 8.12. The summed E-state index contributed by atoms with van der Waals surface area (Å²) in [5.74, 6) is 1.41. The number of hydrogen-bond acceptors (Lipinski definition) is 5. The predicted octanol–water partition coefficient (Wildman–Crippen LogP) is 2.47. The van der Waals surface area contributed by atoms with Gasteiger partial charge < -0.3 is 14.7 Å². The van der Waals surface area contributed by atoms with Crippen LogP contribution in [0.4, 0.5) is 5.82 Å². The van der Waals surface area contributed by atoms with E-state index in [-0.39, 0.29) is 5.91 Å². The number of anilines is 1. The number of hydrogen-bond donors (Lipinski definition) is 1. The van der Waals surface area contributed by atoms with E-state index in [2.05, 4.69) is 20.4 Å². The van der Waals surface area contributed by atoms with Crippen LogP contribution in [0.15, 0.2) is 22.9 Å². The number of rotatable bonds is 5. The van der Waals surface area contributed by atoms with Crippen LogP contribution in [0.25, 0.3) is 0 Å². The van der Waals surface area contributed by atoms with Crippen molar-refractivity contribution in [3.05, 3.63) is 40.9 Å². The Morgan fingerprint density at radius 1 is 1.39 bits per heavy atom. The predicted molar refractivity (Wildman–Crippen MR) is 87.5 cm³/mol. The molecule has 6 nitrogen and oxygen atoms in total. The molecule has 0 aromatic carbocycles. The van der Waals surface area contributed by atoms with Gasteiger partial charge in [-0.3, -0.25) is 4.79 Å². The summed E-state index contributed by atoms with van der Waals surface area (Å²) in [6, 6.07) is 3.98. The van der Waals surface area contributed by atoms with Gasteiger partial charge in [-0.25, -0.2) is 4.98 Å². The van der Waals surface area contributed by atoms with Crippen molar-refractivity contribution < 1.29 is 9.32 Å². The van der Waals surface area contributed by atoms with Gasteiger partial charge in [0.25, 0.3) is 5.91 Å². The van der Waals surface area contributed by atoms with E-state index in [1.165, 1.54) is 12.8 Å². The molecule has 23 heavy (non-hydrogen) atoms. The van der Waals surface area contributed by atoms with Gasteiger partial charge >= 0.3 is 0 Å². The lowest BCUT2D eigenvalue weighted by Crippen LogP contribution is -2.24. The van der Waals surface area contributed by atoms with Crippen molar-refractivity contribution in [3.63, 3.8) is 0 Å². The second kappa shape index (κ2) is 6.81. The Labute approximate surface area is 135 Å². The van der Waals surface area contributed by atoms with Crippen LogP contribution < -0.4 is 10.2 Å². The minimum absolute atomic E-state index is 0.139. The summed E-state index contributed by atoms with van der Waals surface area (Å²) in [6.45, 7) is 6.30. The first-order valence-corrected chi connectivity index (χ1v) is 8.12. The van der Waals surface area contributed by atoms with Crippen LogP contribution in [0.2, 0.25) is 0 Å². The van der Waals surface area contributed by atoms with Crippen molar-refractivity contribution in [2.45, 2.75) is 39.7 Å². The summed E-state index contributed by atoms with van der Waals surface area (Å²) in [5.41, 5.74) is 2.30. The van der Waals surface area contributed by atoms with Gasteiger partial charge in [0.1, 0.15) is 17.1 Å². The number of nitrogens with zero attached hydrogens (tertiary/aromatic N) is 3. The molecule has 0 bridgehead atoms. The first-order chi connectivity index (χ1) is 11.2. The van der Waals surface area contributed by atoms with Gasteiger partial charge in [-0.1, -0.05) is 12.1 Å². The van der Waals surface area contributed by atoms with Crippen molar-refractivity contribution in [3.8, 4) is 0 Å². The summed E-state index contributed by atoms with van der Waals surface area (Å²) in [6.07, 6.45) is 4.91. The van der Waals surface area contributed by atoms with Gasteiger partial charge in [0.15, 0.2) is 0 Å². The highest BCUT2D eigenvalue weighted by Crippen LogP contribution is 2.19. The molecule has 3 heterocycles. The quantitative estimate of drug-likeness (QED) is 0.918. The molecular weight excluding hydrogens is 292 g/mol. The number of aryl methyl sites for hydroxylation is 2. The monoisotopic (exact) mass is 314 g/mol. The molecule has 0 saturated carbocycles. The van der Waals surface area contributed by atoms with E-state index in [1.807, 2.05) is 19.1 Å². The molecule has 1 amide bonds. The van der Waals surface area contributed by atoms with E-state index in [0.29, 0.717) is 30.0 Å². The molecule has 0 atom stereocenters. The topological polar surface area (TPSA) is 71.3 Å². The molecule has 1 N–H and O–H groups in total. The van der Waals surface area contributed by atoms with Crippen molar-refractivity contribution in [1.29, 1.82) is 0 Å². The minimum Gasteiger partial charge on any atom is -0.361 e. The lowest BCUT2D eigenvalue weighted by atomic mass is 10.1. The molecule has 6 heteroatoms.